The van der Waals surface area contributed by atoms with Gasteiger partial charge < -0.3 is 10.2 Å². The number of benzene rings is 1. The predicted octanol–water partition coefficient (Wildman–Crippen LogP) is 4.08. The van der Waals surface area contributed by atoms with Gasteiger partial charge in [-0.15, -0.1) is 0 Å². The van der Waals surface area contributed by atoms with Gasteiger partial charge in [0.2, 0.25) is 0 Å². The number of nitrogens with zero attached hydrogens (tertiary/aromatic N) is 1. The van der Waals surface area contributed by atoms with Crippen LogP contribution in [0.4, 0.5) is 4.39 Å². The summed E-state index contributed by atoms with van der Waals surface area (Å²) < 4.78 is 13.3. The monoisotopic (exact) mass is 329 g/mol. The Balaban J connectivity index is 2.37. The molecule has 126 valence electrons. The van der Waals surface area contributed by atoms with E-state index in [4.69, 9.17) is 0 Å². The Bertz CT molecular complexity index is 780. The molecule has 2 N–H and O–H groups in total. The van der Waals surface area contributed by atoms with E-state index in [1.54, 1.807) is 12.1 Å². The molecule has 24 heavy (non-hydrogen) atoms. The molecule has 1 heterocycles. The summed E-state index contributed by atoms with van der Waals surface area (Å²) in [5.74, 6) is -1.27. The summed E-state index contributed by atoms with van der Waals surface area (Å²) in [7, 11) is 0. The van der Waals surface area contributed by atoms with Crippen LogP contribution < -0.4 is 0 Å². The Morgan fingerprint density at radius 3 is 2.38 bits per heavy atom. The molecule has 1 aliphatic carbocycles. The van der Waals surface area contributed by atoms with Crippen molar-refractivity contribution in [2.24, 2.45) is 0 Å². The van der Waals surface area contributed by atoms with Crippen LogP contribution in [0.3, 0.4) is 0 Å². The number of halogens is 1. The van der Waals surface area contributed by atoms with E-state index in [1.807, 2.05) is 13.8 Å². The quantitative estimate of drug-likeness (QED) is 0.867. The van der Waals surface area contributed by atoms with E-state index >= 15 is 0 Å². The normalized spacial score (nSPS) is 14.2. The Morgan fingerprint density at radius 1 is 1.29 bits per heavy atom. The molecule has 4 nitrogen and oxygen atoms in total. The third-order valence-corrected chi connectivity index (χ3v) is 4.37. The van der Waals surface area contributed by atoms with E-state index < -0.39 is 5.97 Å². The molecule has 2 aromatic rings. The SMILES string of the molecule is CC(C)c1nc(C2CC2)c(CO)c(-c2ccc(F)cc2)c1C(=O)O. The first-order valence-corrected chi connectivity index (χ1v) is 8.10. The van der Waals surface area contributed by atoms with Gasteiger partial charge >= 0.3 is 5.97 Å². The number of hydrogen-bond donors (Lipinski definition) is 2. The van der Waals surface area contributed by atoms with Gasteiger partial charge in [-0.25, -0.2) is 9.18 Å². The standard InChI is InChI=1S/C19H20FNO3/c1-10(2)17-16(19(23)24)15(11-5-7-13(20)8-6-11)14(9-22)18(21-17)12-3-4-12/h5-8,10,12,22H,3-4,9H2,1-2H3,(H,23,24). The zero-order chi connectivity index (χ0) is 17.4. The lowest BCUT2D eigenvalue weighted by atomic mass is 9.88. The molecule has 0 unspecified atom stereocenters. The van der Waals surface area contributed by atoms with Crippen molar-refractivity contribution in [1.29, 1.82) is 0 Å². The zero-order valence-electron chi connectivity index (χ0n) is 13.7. The second kappa shape index (κ2) is 6.32. The first kappa shape index (κ1) is 16.6. The van der Waals surface area contributed by atoms with Crippen molar-refractivity contribution in [3.63, 3.8) is 0 Å². The summed E-state index contributed by atoms with van der Waals surface area (Å²) in [6.45, 7) is 3.52. The molecule has 1 aromatic heterocycles. The van der Waals surface area contributed by atoms with Crippen molar-refractivity contribution in [2.45, 2.75) is 45.1 Å². The van der Waals surface area contributed by atoms with Crippen molar-refractivity contribution in [2.75, 3.05) is 0 Å². The van der Waals surface area contributed by atoms with E-state index in [9.17, 15) is 19.4 Å². The number of aromatic carboxylic acids is 1. The van der Waals surface area contributed by atoms with Crippen molar-refractivity contribution in [1.82, 2.24) is 4.98 Å². The molecule has 1 aliphatic rings. The molecule has 1 aromatic carbocycles. The number of carboxylic acids is 1. The van der Waals surface area contributed by atoms with Crippen LogP contribution in [0, 0.1) is 5.82 Å². The lowest BCUT2D eigenvalue weighted by Gasteiger charge is -2.20. The highest BCUT2D eigenvalue weighted by Crippen LogP contribution is 2.45. The number of carboxylic acid groups (broad SMARTS) is 1. The Hall–Kier alpha value is -2.27. The highest BCUT2D eigenvalue weighted by Gasteiger charge is 2.33. The second-order valence-corrected chi connectivity index (χ2v) is 6.51. The summed E-state index contributed by atoms with van der Waals surface area (Å²) in [4.78, 5) is 16.6. The van der Waals surface area contributed by atoms with Gasteiger partial charge in [-0.05, 0) is 36.5 Å². The van der Waals surface area contributed by atoms with Gasteiger partial charge in [0, 0.05) is 22.7 Å². The number of pyridine rings is 1. The van der Waals surface area contributed by atoms with Crippen LogP contribution in [0.1, 0.15) is 65.8 Å². The Kier molecular flexibility index (Phi) is 4.37. The third kappa shape index (κ3) is 2.91. The molecule has 0 amide bonds. The minimum Gasteiger partial charge on any atom is -0.478 e. The molecule has 0 spiro atoms. The summed E-state index contributed by atoms with van der Waals surface area (Å²) in [5.41, 5.74) is 3.00. The first-order valence-electron chi connectivity index (χ1n) is 8.10. The van der Waals surface area contributed by atoms with Crippen LogP contribution in [-0.4, -0.2) is 21.2 Å². The molecule has 5 heteroatoms. The van der Waals surface area contributed by atoms with Crippen LogP contribution in [0.2, 0.25) is 0 Å². The van der Waals surface area contributed by atoms with Crippen molar-refractivity contribution < 1.29 is 19.4 Å². The molecule has 0 bridgehead atoms. The molecular formula is C19H20FNO3. The maximum Gasteiger partial charge on any atom is 0.338 e. The largest absolute Gasteiger partial charge is 0.478 e. The van der Waals surface area contributed by atoms with E-state index in [1.165, 1.54) is 12.1 Å². The van der Waals surface area contributed by atoms with Crippen molar-refractivity contribution in [3.8, 4) is 11.1 Å². The summed E-state index contributed by atoms with van der Waals surface area (Å²) in [5, 5.41) is 19.7. The number of aromatic nitrogens is 1. The van der Waals surface area contributed by atoms with Crippen LogP contribution in [-0.2, 0) is 6.61 Å². The van der Waals surface area contributed by atoms with Gasteiger partial charge in [0.25, 0.3) is 0 Å². The molecule has 0 aliphatic heterocycles. The second-order valence-electron chi connectivity index (χ2n) is 6.51. The lowest BCUT2D eigenvalue weighted by molar-refractivity contribution is 0.0695. The Labute approximate surface area is 140 Å². The van der Waals surface area contributed by atoms with E-state index in [0.717, 1.165) is 18.5 Å². The number of aliphatic hydroxyl groups is 1. The van der Waals surface area contributed by atoms with Gasteiger partial charge in [0.05, 0.1) is 17.9 Å². The molecule has 0 atom stereocenters. The molecule has 0 saturated heterocycles. The molecule has 1 fully saturated rings. The summed E-state index contributed by atoms with van der Waals surface area (Å²) in [6, 6.07) is 5.71. The fraction of sp³-hybridized carbons (Fsp3) is 0.368. The van der Waals surface area contributed by atoms with E-state index in [0.29, 0.717) is 22.4 Å². The van der Waals surface area contributed by atoms with Crippen molar-refractivity contribution >= 4 is 5.97 Å². The molecule has 0 radical (unpaired) electrons. The van der Waals surface area contributed by atoms with E-state index in [2.05, 4.69) is 4.98 Å². The molecule has 1 saturated carbocycles. The minimum atomic E-state index is -1.08. The smallest absolute Gasteiger partial charge is 0.338 e. The van der Waals surface area contributed by atoms with E-state index in [-0.39, 0.29) is 29.8 Å². The Morgan fingerprint density at radius 2 is 1.92 bits per heavy atom. The maximum atomic E-state index is 13.3. The average molecular weight is 329 g/mol. The third-order valence-electron chi connectivity index (χ3n) is 4.37. The number of hydrogen-bond acceptors (Lipinski definition) is 3. The van der Waals surface area contributed by atoms with Gasteiger partial charge in [-0.2, -0.15) is 0 Å². The van der Waals surface area contributed by atoms with Gasteiger partial charge in [0.1, 0.15) is 5.82 Å². The highest BCUT2D eigenvalue weighted by atomic mass is 19.1. The number of rotatable bonds is 5. The molecular weight excluding hydrogens is 309 g/mol. The number of aliphatic hydroxyl groups excluding tert-OH is 1. The zero-order valence-corrected chi connectivity index (χ0v) is 13.7. The van der Waals surface area contributed by atoms with Gasteiger partial charge in [-0.1, -0.05) is 26.0 Å². The highest BCUT2D eigenvalue weighted by molar-refractivity contribution is 5.98. The van der Waals surface area contributed by atoms with Crippen LogP contribution in [0.25, 0.3) is 11.1 Å². The first-order chi connectivity index (χ1) is 11.4. The molecule has 3 rings (SSSR count). The van der Waals surface area contributed by atoms with Crippen LogP contribution in [0.15, 0.2) is 24.3 Å². The maximum absolute atomic E-state index is 13.3. The fourth-order valence-corrected chi connectivity index (χ4v) is 3.08. The average Bonchev–Trinajstić information content (AvgIpc) is 3.38. The van der Waals surface area contributed by atoms with Crippen LogP contribution >= 0.6 is 0 Å². The minimum absolute atomic E-state index is 0.0689. The van der Waals surface area contributed by atoms with Crippen molar-refractivity contribution in [3.05, 3.63) is 52.6 Å². The van der Waals surface area contributed by atoms with Crippen LogP contribution in [0.5, 0.6) is 0 Å². The van der Waals surface area contributed by atoms with Gasteiger partial charge in [0.15, 0.2) is 0 Å². The summed E-state index contributed by atoms with van der Waals surface area (Å²) in [6.07, 6.45) is 1.99. The summed E-state index contributed by atoms with van der Waals surface area (Å²) >= 11 is 0. The number of carbonyl (C=O) groups is 1. The predicted molar refractivity (Wildman–Crippen MR) is 88.6 cm³/mol. The van der Waals surface area contributed by atoms with Gasteiger partial charge in [-0.3, -0.25) is 4.98 Å². The fourth-order valence-electron chi connectivity index (χ4n) is 3.08. The lowest BCUT2D eigenvalue weighted by Crippen LogP contribution is -2.14. The topological polar surface area (TPSA) is 70.4 Å².